The quantitative estimate of drug-likeness (QED) is 0.823. The van der Waals surface area contributed by atoms with Gasteiger partial charge in [-0.25, -0.2) is 0 Å². The van der Waals surface area contributed by atoms with E-state index in [1.807, 2.05) is 62.5 Å². The molecular weight excluding hydrogens is 292 g/mol. The van der Waals surface area contributed by atoms with Gasteiger partial charge in [-0.05, 0) is 43.4 Å². The first-order chi connectivity index (χ1) is 11.1. The molecule has 5 heteroatoms. The Balaban J connectivity index is 1.97. The summed E-state index contributed by atoms with van der Waals surface area (Å²) in [4.78, 5) is 12.0. The van der Waals surface area contributed by atoms with Gasteiger partial charge in [0.25, 0.3) is 0 Å². The molecule has 23 heavy (non-hydrogen) atoms. The van der Waals surface area contributed by atoms with Crippen LogP contribution in [0.25, 0.3) is 0 Å². The Kier molecular flexibility index (Phi) is 6.00. The largest absolute Gasteiger partial charge is 0.497 e. The van der Waals surface area contributed by atoms with Gasteiger partial charge in [-0.3, -0.25) is 4.79 Å². The van der Waals surface area contributed by atoms with Crippen molar-refractivity contribution in [3.05, 3.63) is 48.5 Å². The van der Waals surface area contributed by atoms with E-state index in [4.69, 9.17) is 9.47 Å². The zero-order valence-corrected chi connectivity index (χ0v) is 13.6. The number of methoxy groups -OCH3 is 1. The summed E-state index contributed by atoms with van der Waals surface area (Å²) >= 11 is 0. The summed E-state index contributed by atoms with van der Waals surface area (Å²) in [5.74, 6) is 2.03. The van der Waals surface area contributed by atoms with Gasteiger partial charge in [0.05, 0.1) is 7.11 Å². The zero-order valence-electron chi connectivity index (χ0n) is 13.6. The number of rotatable bonds is 7. The van der Waals surface area contributed by atoms with Crippen LogP contribution in [-0.4, -0.2) is 26.6 Å². The third-order valence-electron chi connectivity index (χ3n) is 3.36. The van der Waals surface area contributed by atoms with Crippen molar-refractivity contribution in [3.63, 3.8) is 0 Å². The van der Waals surface area contributed by atoms with Crippen molar-refractivity contribution in [1.29, 1.82) is 0 Å². The molecule has 0 bridgehead atoms. The molecule has 2 N–H and O–H groups in total. The first kappa shape index (κ1) is 16.8. The van der Waals surface area contributed by atoms with E-state index in [2.05, 4.69) is 10.6 Å². The van der Waals surface area contributed by atoms with Crippen LogP contribution in [-0.2, 0) is 4.79 Å². The van der Waals surface area contributed by atoms with E-state index < -0.39 is 0 Å². The number of hydrogen-bond donors (Lipinski definition) is 2. The van der Waals surface area contributed by atoms with Crippen LogP contribution < -0.4 is 20.1 Å². The van der Waals surface area contributed by atoms with Crippen molar-refractivity contribution < 1.29 is 14.3 Å². The van der Waals surface area contributed by atoms with Gasteiger partial charge in [-0.1, -0.05) is 13.0 Å². The molecule has 1 unspecified atom stereocenters. The normalized spacial score (nSPS) is 11.6. The second kappa shape index (κ2) is 8.19. The van der Waals surface area contributed by atoms with E-state index >= 15 is 0 Å². The summed E-state index contributed by atoms with van der Waals surface area (Å²) in [5.41, 5.74) is 0.746. The van der Waals surface area contributed by atoms with Gasteiger partial charge < -0.3 is 20.1 Å². The number of anilines is 1. The summed E-state index contributed by atoms with van der Waals surface area (Å²) in [7, 11) is 3.44. The molecule has 122 valence electrons. The smallest absolute Gasteiger partial charge is 0.228 e. The maximum atomic E-state index is 12.0. The van der Waals surface area contributed by atoms with E-state index in [-0.39, 0.29) is 11.8 Å². The average Bonchev–Trinajstić information content (AvgIpc) is 2.57. The predicted molar refractivity (Wildman–Crippen MR) is 91.2 cm³/mol. The minimum atomic E-state index is -0.0901. The average molecular weight is 314 g/mol. The van der Waals surface area contributed by atoms with Crippen LogP contribution in [0.5, 0.6) is 17.2 Å². The van der Waals surface area contributed by atoms with Gasteiger partial charge in [-0.2, -0.15) is 0 Å². The Morgan fingerprint density at radius 1 is 1.09 bits per heavy atom. The highest BCUT2D eigenvalue weighted by Gasteiger charge is 2.11. The lowest BCUT2D eigenvalue weighted by Crippen LogP contribution is -2.28. The lowest BCUT2D eigenvalue weighted by molar-refractivity contribution is -0.119. The Hall–Kier alpha value is -2.53. The zero-order chi connectivity index (χ0) is 16.7. The maximum absolute atomic E-state index is 12.0. The highest BCUT2D eigenvalue weighted by Crippen LogP contribution is 2.26. The standard InChI is InChI=1S/C18H22N2O3/c1-13(12-19-2)18(21)20-14-7-9-15(10-8-14)23-17-6-4-5-16(11-17)22-3/h4-11,13,19H,12H2,1-3H3,(H,20,21). The molecule has 0 heterocycles. The van der Waals surface area contributed by atoms with E-state index in [1.54, 1.807) is 7.11 Å². The number of carbonyl (C=O) groups is 1. The van der Waals surface area contributed by atoms with Crippen LogP contribution >= 0.6 is 0 Å². The molecular formula is C18H22N2O3. The molecule has 2 aromatic carbocycles. The van der Waals surface area contributed by atoms with Crippen molar-refractivity contribution in [3.8, 4) is 17.2 Å². The van der Waals surface area contributed by atoms with Crippen molar-refractivity contribution >= 4 is 11.6 Å². The molecule has 0 saturated heterocycles. The molecule has 0 radical (unpaired) electrons. The highest BCUT2D eigenvalue weighted by atomic mass is 16.5. The Morgan fingerprint density at radius 2 is 1.78 bits per heavy atom. The van der Waals surface area contributed by atoms with Gasteiger partial charge in [0.2, 0.25) is 5.91 Å². The van der Waals surface area contributed by atoms with Crippen LogP contribution in [0, 0.1) is 5.92 Å². The molecule has 1 atom stereocenters. The Bertz CT molecular complexity index is 641. The minimum Gasteiger partial charge on any atom is -0.497 e. The van der Waals surface area contributed by atoms with E-state index in [9.17, 15) is 4.79 Å². The Labute approximate surface area is 136 Å². The first-order valence-electron chi connectivity index (χ1n) is 7.50. The summed E-state index contributed by atoms with van der Waals surface area (Å²) in [5, 5.41) is 5.87. The van der Waals surface area contributed by atoms with Crippen molar-refractivity contribution in [2.24, 2.45) is 5.92 Å². The fourth-order valence-electron chi connectivity index (χ4n) is 2.07. The summed E-state index contributed by atoms with van der Waals surface area (Å²) < 4.78 is 10.9. The highest BCUT2D eigenvalue weighted by molar-refractivity contribution is 5.92. The van der Waals surface area contributed by atoms with E-state index in [0.717, 1.165) is 11.4 Å². The fourth-order valence-corrected chi connectivity index (χ4v) is 2.07. The number of hydrogen-bond acceptors (Lipinski definition) is 4. The topological polar surface area (TPSA) is 59.6 Å². The lowest BCUT2D eigenvalue weighted by Gasteiger charge is -2.12. The maximum Gasteiger partial charge on any atom is 0.228 e. The molecule has 0 aliphatic heterocycles. The van der Waals surface area contributed by atoms with Gasteiger partial charge in [0.1, 0.15) is 17.2 Å². The van der Waals surface area contributed by atoms with Crippen LogP contribution in [0.15, 0.2) is 48.5 Å². The minimum absolute atomic E-state index is 0.0131. The van der Waals surface area contributed by atoms with Crippen molar-refractivity contribution in [1.82, 2.24) is 5.32 Å². The summed E-state index contributed by atoms with van der Waals surface area (Å²) in [6.45, 7) is 2.52. The fraction of sp³-hybridized carbons (Fsp3) is 0.278. The lowest BCUT2D eigenvalue weighted by atomic mass is 10.1. The SMILES string of the molecule is CNCC(C)C(=O)Nc1ccc(Oc2cccc(OC)c2)cc1. The molecule has 0 aromatic heterocycles. The Morgan fingerprint density at radius 3 is 2.43 bits per heavy atom. The third-order valence-corrected chi connectivity index (χ3v) is 3.36. The number of nitrogens with one attached hydrogen (secondary N) is 2. The molecule has 0 aliphatic carbocycles. The summed E-state index contributed by atoms with van der Waals surface area (Å²) in [6.07, 6.45) is 0. The molecule has 0 aliphatic rings. The molecule has 0 spiro atoms. The van der Waals surface area contributed by atoms with Gasteiger partial charge in [0.15, 0.2) is 0 Å². The molecule has 1 amide bonds. The molecule has 0 fully saturated rings. The molecule has 2 aromatic rings. The molecule has 5 nitrogen and oxygen atoms in total. The van der Waals surface area contributed by atoms with E-state index in [0.29, 0.717) is 18.0 Å². The number of carbonyl (C=O) groups excluding carboxylic acids is 1. The van der Waals surface area contributed by atoms with Crippen LogP contribution in [0.3, 0.4) is 0 Å². The van der Waals surface area contributed by atoms with Gasteiger partial charge in [0, 0.05) is 24.2 Å². The van der Waals surface area contributed by atoms with Crippen molar-refractivity contribution in [2.75, 3.05) is 26.0 Å². The van der Waals surface area contributed by atoms with Crippen LogP contribution in [0.1, 0.15) is 6.92 Å². The predicted octanol–water partition coefficient (Wildman–Crippen LogP) is 3.28. The van der Waals surface area contributed by atoms with Crippen molar-refractivity contribution in [2.45, 2.75) is 6.92 Å². The molecule has 2 rings (SSSR count). The number of benzene rings is 2. The van der Waals surface area contributed by atoms with Gasteiger partial charge in [-0.15, -0.1) is 0 Å². The second-order valence-electron chi connectivity index (χ2n) is 5.25. The number of ether oxygens (including phenoxy) is 2. The molecule has 0 saturated carbocycles. The first-order valence-corrected chi connectivity index (χ1v) is 7.50. The number of amides is 1. The third kappa shape index (κ3) is 5.00. The monoisotopic (exact) mass is 314 g/mol. The van der Waals surface area contributed by atoms with Crippen LogP contribution in [0.2, 0.25) is 0 Å². The second-order valence-corrected chi connectivity index (χ2v) is 5.25. The summed E-state index contributed by atoms with van der Waals surface area (Å²) in [6, 6.07) is 14.7. The van der Waals surface area contributed by atoms with Gasteiger partial charge >= 0.3 is 0 Å². The van der Waals surface area contributed by atoms with E-state index in [1.165, 1.54) is 0 Å². The van der Waals surface area contributed by atoms with Crippen LogP contribution in [0.4, 0.5) is 5.69 Å².